The molecule has 1 unspecified atom stereocenters. The fourth-order valence-corrected chi connectivity index (χ4v) is 4.80. The summed E-state index contributed by atoms with van der Waals surface area (Å²) < 4.78 is 0. The molecule has 0 aliphatic carbocycles. The van der Waals surface area contributed by atoms with Crippen molar-refractivity contribution in [2.75, 3.05) is 13.1 Å². The van der Waals surface area contributed by atoms with Crippen LogP contribution in [-0.2, 0) is 5.66 Å². The molecule has 0 saturated carbocycles. The standard InChI is InChI=1S/C22H17N3O/c26-21-16-7-1-3-9-17(16)22(23-12-13-25(21)22)18-10-5-8-15-14-6-2-4-11-19(14)24-20(15)18/h1-11,23-24H,12-13H2. The van der Waals surface area contributed by atoms with Gasteiger partial charge in [-0.1, -0.05) is 54.6 Å². The molecule has 1 atom stereocenters. The maximum absolute atomic E-state index is 13.0. The number of rotatable bonds is 1. The second-order valence-electron chi connectivity index (χ2n) is 7.04. The van der Waals surface area contributed by atoms with Gasteiger partial charge in [-0.25, -0.2) is 0 Å². The van der Waals surface area contributed by atoms with Gasteiger partial charge in [-0.05, 0) is 12.1 Å². The molecule has 0 bridgehead atoms. The van der Waals surface area contributed by atoms with Crippen LogP contribution in [0.3, 0.4) is 0 Å². The number of hydrogen-bond acceptors (Lipinski definition) is 2. The van der Waals surface area contributed by atoms with Crippen molar-refractivity contribution in [3.8, 4) is 0 Å². The van der Waals surface area contributed by atoms with Crippen molar-refractivity contribution in [3.63, 3.8) is 0 Å². The van der Waals surface area contributed by atoms with Crippen LogP contribution in [0.1, 0.15) is 21.5 Å². The van der Waals surface area contributed by atoms with Gasteiger partial charge < -0.3 is 9.88 Å². The van der Waals surface area contributed by atoms with Gasteiger partial charge in [-0.15, -0.1) is 0 Å². The summed E-state index contributed by atoms with van der Waals surface area (Å²) in [6.07, 6.45) is 0. The number of aromatic nitrogens is 1. The van der Waals surface area contributed by atoms with Gasteiger partial charge in [0.25, 0.3) is 5.91 Å². The summed E-state index contributed by atoms with van der Waals surface area (Å²) in [5, 5.41) is 6.06. The molecule has 6 rings (SSSR count). The molecule has 2 aliphatic heterocycles. The average Bonchev–Trinajstić information content (AvgIpc) is 3.34. The number of H-pyrrole nitrogens is 1. The van der Waals surface area contributed by atoms with E-state index in [9.17, 15) is 4.79 Å². The van der Waals surface area contributed by atoms with E-state index in [2.05, 4.69) is 52.8 Å². The molecule has 1 aromatic heterocycles. The van der Waals surface area contributed by atoms with Crippen molar-refractivity contribution in [2.24, 2.45) is 0 Å². The summed E-state index contributed by atoms with van der Waals surface area (Å²) in [5.41, 5.74) is 4.59. The van der Waals surface area contributed by atoms with Crippen molar-refractivity contribution in [3.05, 3.63) is 83.4 Å². The van der Waals surface area contributed by atoms with E-state index < -0.39 is 5.66 Å². The van der Waals surface area contributed by atoms with Gasteiger partial charge in [0.15, 0.2) is 0 Å². The van der Waals surface area contributed by atoms with E-state index >= 15 is 0 Å². The second kappa shape index (κ2) is 4.74. The molecule has 4 nitrogen and oxygen atoms in total. The van der Waals surface area contributed by atoms with Crippen molar-refractivity contribution >= 4 is 27.7 Å². The molecule has 4 aromatic rings. The topological polar surface area (TPSA) is 48.1 Å². The van der Waals surface area contributed by atoms with Crippen LogP contribution in [0.25, 0.3) is 21.8 Å². The number of nitrogens with zero attached hydrogens (tertiary/aromatic N) is 1. The first-order valence-corrected chi connectivity index (χ1v) is 8.97. The fraction of sp³-hybridized carbons (Fsp3) is 0.136. The predicted octanol–water partition coefficient (Wildman–Crippen LogP) is 3.58. The highest BCUT2D eigenvalue weighted by molar-refractivity contribution is 6.09. The lowest BCUT2D eigenvalue weighted by atomic mass is 9.90. The van der Waals surface area contributed by atoms with Crippen LogP contribution in [0.4, 0.5) is 0 Å². The van der Waals surface area contributed by atoms with E-state index in [4.69, 9.17) is 0 Å². The third-order valence-electron chi connectivity index (χ3n) is 5.84. The van der Waals surface area contributed by atoms with E-state index in [-0.39, 0.29) is 5.91 Å². The maximum Gasteiger partial charge on any atom is 0.256 e. The number of carbonyl (C=O) groups is 1. The Hall–Kier alpha value is -3.11. The van der Waals surface area contributed by atoms with Crippen LogP contribution >= 0.6 is 0 Å². The minimum Gasteiger partial charge on any atom is -0.354 e. The Kier molecular flexibility index (Phi) is 2.57. The number of amides is 1. The van der Waals surface area contributed by atoms with Crippen LogP contribution in [0.15, 0.2) is 66.7 Å². The van der Waals surface area contributed by atoms with E-state index in [1.54, 1.807) is 0 Å². The summed E-state index contributed by atoms with van der Waals surface area (Å²) >= 11 is 0. The van der Waals surface area contributed by atoms with Gasteiger partial charge in [0, 0.05) is 46.1 Å². The molecule has 3 heterocycles. The van der Waals surface area contributed by atoms with Gasteiger partial charge in [0.05, 0.1) is 5.52 Å². The smallest absolute Gasteiger partial charge is 0.256 e. The van der Waals surface area contributed by atoms with Gasteiger partial charge in [-0.2, -0.15) is 0 Å². The summed E-state index contributed by atoms with van der Waals surface area (Å²) in [6.45, 7) is 1.50. The lowest BCUT2D eigenvalue weighted by Gasteiger charge is -2.34. The van der Waals surface area contributed by atoms with E-state index in [1.807, 2.05) is 29.2 Å². The maximum atomic E-state index is 13.0. The van der Waals surface area contributed by atoms with Gasteiger partial charge in [-0.3, -0.25) is 10.1 Å². The fourth-order valence-electron chi connectivity index (χ4n) is 4.80. The number of aromatic amines is 1. The monoisotopic (exact) mass is 339 g/mol. The quantitative estimate of drug-likeness (QED) is 0.557. The number of nitrogens with one attached hydrogen (secondary N) is 2. The molecule has 2 aliphatic rings. The number of para-hydroxylation sites is 2. The van der Waals surface area contributed by atoms with Gasteiger partial charge in [0.1, 0.15) is 5.66 Å². The van der Waals surface area contributed by atoms with Gasteiger partial charge in [0.2, 0.25) is 0 Å². The average molecular weight is 339 g/mol. The number of benzene rings is 3. The Bertz CT molecular complexity index is 1210. The van der Waals surface area contributed by atoms with Crippen LogP contribution in [0.5, 0.6) is 0 Å². The second-order valence-corrected chi connectivity index (χ2v) is 7.04. The Labute approximate surface area is 150 Å². The third-order valence-corrected chi connectivity index (χ3v) is 5.84. The van der Waals surface area contributed by atoms with Crippen molar-refractivity contribution in [1.82, 2.24) is 15.2 Å². The summed E-state index contributed by atoms with van der Waals surface area (Å²) in [4.78, 5) is 18.6. The molecule has 1 amide bonds. The van der Waals surface area contributed by atoms with E-state index in [1.165, 1.54) is 10.8 Å². The molecule has 1 saturated heterocycles. The number of carbonyl (C=O) groups excluding carboxylic acids is 1. The molecule has 4 heteroatoms. The van der Waals surface area contributed by atoms with E-state index in [0.717, 1.165) is 34.3 Å². The molecular formula is C22H17N3O. The Morgan fingerprint density at radius 2 is 1.62 bits per heavy atom. The van der Waals surface area contributed by atoms with Crippen LogP contribution in [0.2, 0.25) is 0 Å². The molecule has 26 heavy (non-hydrogen) atoms. The molecule has 0 radical (unpaired) electrons. The highest BCUT2D eigenvalue weighted by Gasteiger charge is 2.54. The zero-order valence-corrected chi connectivity index (χ0v) is 14.1. The Morgan fingerprint density at radius 1 is 0.846 bits per heavy atom. The Balaban J connectivity index is 1.74. The molecule has 2 N–H and O–H groups in total. The largest absolute Gasteiger partial charge is 0.354 e. The first-order valence-electron chi connectivity index (χ1n) is 8.97. The summed E-state index contributed by atoms with van der Waals surface area (Å²) in [7, 11) is 0. The summed E-state index contributed by atoms with van der Waals surface area (Å²) in [6, 6.07) is 22.7. The minimum absolute atomic E-state index is 0.110. The highest BCUT2D eigenvalue weighted by Crippen LogP contribution is 2.46. The zero-order valence-electron chi connectivity index (χ0n) is 14.1. The predicted molar refractivity (Wildman–Crippen MR) is 102 cm³/mol. The van der Waals surface area contributed by atoms with Crippen LogP contribution < -0.4 is 5.32 Å². The molecule has 3 aromatic carbocycles. The molecule has 126 valence electrons. The van der Waals surface area contributed by atoms with Crippen molar-refractivity contribution in [1.29, 1.82) is 0 Å². The molecule has 1 fully saturated rings. The molecule has 0 spiro atoms. The SMILES string of the molecule is O=C1c2ccccc2C2(c3cccc4c3[nH]c3ccccc34)NCCN12. The first kappa shape index (κ1) is 14.1. The minimum atomic E-state index is -0.589. The third kappa shape index (κ3) is 1.51. The normalized spacial score (nSPS) is 21.5. The van der Waals surface area contributed by atoms with Crippen LogP contribution in [0, 0.1) is 0 Å². The lowest BCUT2D eigenvalue weighted by molar-refractivity contribution is 0.0696. The number of hydrogen-bond donors (Lipinski definition) is 2. The van der Waals surface area contributed by atoms with Gasteiger partial charge >= 0.3 is 0 Å². The number of fused-ring (bicyclic) bond motifs is 6. The van der Waals surface area contributed by atoms with Crippen molar-refractivity contribution < 1.29 is 4.79 Å². The van der Waals surface area contributed by atoms with Crippen molar-refractivity contribution in [2.45, 2.75) is 5.66 Å². The molecular weight excluding hydrogens is 322 g/mol. The highest BCUT2D eigenvalue weighted by atomic mass is 16.2. The van der Waals surface area contributed by atoms with Crippen LogP contribution in [-0.4, -0.2) is 28.9 Å². The lowest BCUT2D eigenvalue weighted by Crippen LogP contribution is -2.47. The van der Waals surface area contributed by atoms with E-state index in [0.29, 0.717) is 6.54 Å². The summed E-state index contributed by atoms with van der Waals surface area (Å²) in [5.74, 6) is 0.110. The first-order chi connectivity index (χ1) is 12.8. The Morgan fingerprint density at radius 3 is 2.58 bits per heavy atom. The zero-order chi connectivity index (χ0) is 17.3.